The highest BCUT2D eigenvalue weighted by Crippen LogP contribution is 2.52. The molecule has 6 heteroatoms. The van der Waals surface area contributed by atoms with Gasteiger partial charge in [-0.3, -0.25) is 13.7 Å². The first-order valence-electron chi connectivity index (χ1n) is 23.5. The first kappa shape index (κ1) is 40.4. The summed E-state index contributed by atoms with van der Waals surface area (Å²) in [6.07, 6.45) is 5.68. The Hall–Kier alpha value is -8.87. The average Bonchev–Trinajstić information content (AvgIpc) is 3.92. The van der Waals surface area contributed by atoms with Gasteiger partial charge in [-0.15, -0.1) is 0 Å². The third kappa shape index (κ3) is 6.83. The molecule has 8 aromatic carbocycles. The monoisotopic (exact) mass is 887 g/mol. The molecular weight excluding hydrogens is 843 g/mol. The van der Waals surface area contributed by atoms with Gasteiger partial charge in [-0.2, -0.15) is 0 Å². The van der Waals surface area contributed by atoms with E-state index in [1.807, 2.05) is 30.5 Å². The van der Waals surface area contributed by atoms with Crippen molar-refractivity contribution in [3.05, 3.63) is 230 Å². The molecule has 0 fully saturated rings. The zero-order valence-corrected chi connectivity index (χ0v) is 38.4. The third-order valence-corrected chi connectivity index (χ3v) is 13.5. The summed E-state index contributed by atoms with van der Waals surface area (Å²) >= 11 is 0. The minimum Gasteiger partial charge on any atom is -0.458 e. The van der Waals surface area contributed by atoms with Gasteiger partial charge in [0.15, 0.2) is 0 Å². The van der Waals surface area contributed by atoms with Gasteiger partial charge < -0.3 is 4.74 Å². The molecule has 0 unspecified atom stereocenters. The van der Waals surface area contributed by atoms with Crippen molar-refractivity contribution in [3.8, 4) is 84.7 Å². The fourth-order valence-electron chi connectivity index (χ4n) is 10.2. The number of hydrogen-bond donors (Lipinski definition) is 0. The quantitative estimate of drug-likeness (QED) is 0.118. The van der Waals surface area contributed by atoms with E-state index in [1.54, 1.807) is 0 Å². The van der Waals surface area contributed by atoms with Crippen LogP contribution in [0.1, 0.15) is 26.3 Å². The SMILES string of the molecule is CC(C)(C)c1ccnc(-n2c3c(c4ccc(Oc5cccc(-n6[c-][n+](-c7cc(-c8ccccc8)nc(-c8ccccc8)c7)c7ccccc76)c5)cc42)-c2cccc4cccc(c24)-c2ccccc2-3)c1. The second-order valence-electron chi connectivity index (χ2n) is 18.8. The molecule has 0 aliphatic heterocycles. The molecule has 0 radical (unpaired) electrons. The molecule has 0 N–H and O–H groups in total. The summed E-state index contributed by atoms with van der Waals surface area (Å²) in [7, 11) is 0. The van der Waals surface area contributed by atoms with Crippen LogP contribution in [-0.2, 0) is 5.41 Å². The van der Waals surface area contributed by atoms with E-state index in [9.17, 15) is 0 Å². The van der Waals surface area contributed by atoms with E-state index >= 15 is 0 Å². The second kappa shape index (κ2) is 15.9. The molecule has 0 amide bonds. The summed E-state index contributed by atoms with van der Waals surface area (Å²) in [5.41, 5.74) is 17.1. The van der Waals surface area contributed by atoms with Crippen LogP contribution in [0.3, 0.4) is 0 Å². The fraction of sp³-hybridized carbons (Fsp3) is 0.0635. The normalized spacial score (nSPS) is 12.0. The Balaban J connectivity index is 0.955. The van der Waals surface area contributed by atoms with Gasteiger partial charge in [-0.1, -0.05) is 172 Å². The minimum absolute atomic E-state index is 0.0765. The van der Waals surface area contributed by atoms with Gasteiger partial charge in [-0.25, -0.2) is 9.97 Å². The van der Waals surface area contributed by atoms with Crippen LogP contribution in [0.5, 0.6) is 11.5 Å². The molecule has 0 atom stereocenters. The van der Waals surface area contributed by atoms with Crippen molar-refractivity contribution in [1.82, 2.24) is 19.1 Å². The number of fused-ring (bicyclic) bond motifs is 8. The van der Waals surface area contributed by atoms with Crippen molar-refractivity contribution < 1.29 is 9.30 Å². The average molecular weight is 888 g/mol. The maximum absolute atomic E-state index is 6.91. The van der Waals surface area contributed by atoms with Gasteiger partial charge in [0, 0.05) is 28.8 Å². The van der Waals surface area contributed by atoms with Gasteiger partial charge in [0.1, 0.15) is 17.3 Å². The summed E-state index contributed by atoms with van der Waals surface area (Å²) < 4.78 is 13.5. The molecule has 6 nitrogen and oxygen atoms in total. The highest BCUT2D eigenvalue weighted by molar-refractivity contribution is 6.19. The van der Waals surface area contributed by atoms with Crippen LogP contribution in [0, 0.1) is 6.33 Å². The highest BCUT2D eigenvalue weighted by Gasteiger charge is 2.29. The van der Waals surface area contributed by atoms with Crippen molar-refractivity contribution in [2.45, 2.75) is 26.2 Å². The van der Waals surface area contributed by atoms with Crippen molar-refractivity contribution in [1.29, 1.82) is 0 Å². The highest BCUT2D eigenvalue weighted by atomic mass is 16.5. The summed E-state index contributed by atoms with van der Waals surface area (Å²) in [6, 6.07) is 74.7. The number of imidazole rings is 1. The van der Waals surface area contributed by atoms with Crippen LogP contribution in [0.4, 0.5) is 0 Å². The lowest BCUT2D eigenvalue weighted by atomic mass is 9.88. The third-order valence-electron chi connectivity index (χ3n) is 13.5. The van der Waals surface area contributed by atoms with Crippen LogP contribution >= 0.6 is 0 Å². The summed E-state index contributed by atoms with van der Waals surface area (Å²) in [5, 5.41) is 3.61. The first-order chi connectivity index (χ1) is 33.8. The Morgan fingerprint density at radius 3 is 1.94 bits per heavy atom. The maximum atomic E-state index is 6.91. The van der Waals surface area contributed by atoms with Crippen LogP contribution in [-0.4, -0.2) is 19.1 Å². The lowest BCUT2D eigenvalue weighted by Gasteiger charge is -2.21. The maximum Gasteiger partial charge on any atom is 0.269 e. The number of ether oxygens (including phenoxy) is 1. The number of pyridine rings is 2. The number of benzene rings is 8. The van der Waals surface area contributed by atoms with Gasteiger partial charge in [0.05, 0.1) is 45.0 Å². The van der Waals surface area contributed by atoms with E-state index in [-0.39, 0.29) is 5.41 Å². The number of para-hydroxylation sites is 2. The molecule has 69 heavy (non-hydrogen) atoms. The lowest BCUT2D eigenvalue weighted by molar-refractivity contribution is -0.572. The molecule has 12 aromatic rings. The molecule has 1 aliphatic carbocycles. The largest absolute Gasteiger partial charge is 0.458 e. The van der Waals surface area contributed by atoms with Crippen molar-refractivity contribution in [3.63, 3.8) is 0 Å². The molecule has 0 saturated heterocycles. The van der Waals surface area contributed by atoms with E-state index in [1.165, 1.54) is 38.6 Å². The fourth-order valence-corrected chi connectivity index (χ4v) is 10.2. The van der Waals surface area contributed by atoms with E-state index in [4.69, 9.17) is 14.7 Å². The first-order valence-corrected chi connectivity index (χ1v) is 23.5. The van der Waals surface area contributed by atoms with E-state index in [0.29, 0.717) is 5.75 Å². The molecule has 0 saturated carbocycles. The molecular formula is C63H45N5O. The topological polar surface area (TPSA) is 48.8 Å². The molecule has 13 rings (SSSR count). The standard InChI is InChI=1S/C63H45N5O/c1-63(2,3)44-33-34-64-59(35-44)68-58-39-48(31-32-52(58)61-53-28-15-22-43-21-14-27-50(60(43)53)49-25-10-11-26-51(49)62(61)68)69-47-24-16-23-45(36-47)66-40-67(57-30-13-12-29-56(57)66)46-37-54(41-17-6-4-7-18-41)65-55(38-46)42-19-8-5-9-20-42/h4-39H,1-3H3. The Kier molecular flexibility index (Phi) is 9.31. The zero-order valence-electron chi connectivity index (χ0n) is 38.4. The minimum atomic E-state index is -0.0765. The van der Waals surface area contributed by atoms with Gasteiger partial charge in [-0.05, 0) is 104 Å². The van der Waals surface area contributed by atoms with Gasteiger partial charge >= 0.3 is 0 Å². The molecule has 4 heterocycles. The summed E-state index contributed by atoms with van der Waals surface area (Å²) in [6.45, 7) is 6.76. The summed E-state index contributed by atoms with van der Waals surface area (Å²) in [4.78, 5) is 10.3. The lowest BCUT2D eigenvalue weighted by Crippen LogP contribution is -2.29. The smallest absolute Gasteiger partial charge is 0.269 e. The number of nitrogens with zero attached hydrogens (tertiary/aromatic N) is 5. The molecule has 0 bridgehead atoms. The Morgan fingerprint density at radius 1 is 0.536 bits per heavy atom. The molecule has 1 aliphatic rings. The Bertz CT molecular complexity index is 3910. The van der Waals surface area contributed by atoms with Crippen LogP contribution in [0.25, 0.3) is 106 Å². The summed E-state index contributed by atoms with van der Waals surface area (Å²) in [5.74, 6) is 2.30. The number of rotatable bonds is 7. The van der Waals surface area contributed by atoms with Crippen LogP contribution < -0.4 is 9.30 Å². The van der Waals surface area contributed by atoms with Crippen molar-refractivity contribution in [2.24, 2.45) is 0 Å². The van der Waals surface area contributed by atoms with Crippen molar-refractivity contribution >= 4 is 32.7 Å². The molecule has 4 aromatic heterocycles. The van der Waals surface area contributed by atoms with E-state index < -0.39 is 0 Å². The van der Waals surface area contributed by atoms with Crippen LogP contribution in [0.2, 0.25) is 0 Å². The second-order valence-corrected chi connectivity index (χ2v) is 18.8. The Morgan fingerprint density at radius 2 is 1.19 bits per heavy atom. The van der Waals surface area contributed by atoms with Crippen molar-refractivity contribution in [2.75, 3.05) is 0 Å². The molecule has 0 spiro atoms. The van der Waals surface area contributed by atoms with Gasteiger partial charge in [0.25, 0.3) is 6.33 Å². The van der Waals surface area contributed by atoms with Gasteiger partial charge in [0.2, 0.25) is 0 Å². The van der Waals surface area contributed by atoms with E-state index in [2.05, 4.69) is 229 Å². The van der Waals surface area contributed by atoms with E-state index in [0.717, 1.165) is 78.7 Å². The Labute approximate surface area is 400 Å². The molecule has 328 valence electrons. The number of aromatic nitrogens is 5. The zero-order chi connectivity index (χ0) is 46.2. The number of hydrogen-bond acceptors (Lipinski definition) is 3. The van der Waals surface area contributed by atoms with Crippen LogP contribution in [0.15, 0.2) is 219 Å². The predicted molar refractivity (Wildman–Crippen MR) is 280 cm³/mol. The predicted octanol–water partition coefficient (Wildman–Crippen LogP) is 15.3.